The molecule has 0 aliphatic carbocycles. The zero-order valence-corrected chi connectivity index (χ0v) is 42.0. The molecule has 0 aliphatic rings. The van der Waals surface area contributed by atoms with E-state index in [1.807, 2.05) is 0 Å². The van der Waals surface area contributed by atoms with Crippen LogP contribution in [-0.4, -0.2) is 38.9 Å². The highest BCUT2D eigenvalue weighted by Crippen LogP contribution is 2.28. The first-order valence-corrected chi connectivity index (χ1v) is 28.2. The fraction of sp³-hybridized carbons (Fsp3) is 0.947. The first-order valence-electron chi connectivity index (χ1n) is 28.2. The van der Waals surface area contributed by atoms with E-state index in [0.717, 1.165) is 64.2 Å². The van der Waals surface area contributed by atoms with E-state index in [-0.39, 0.29) is 12.2 Å². The number of Topliss-reactive ketones (excluding diaryl/α,β-unsaturated/α-hetero) is 1. The molecule has 2 unspecified atom stereocenters. The van der Waals surface area contributed by atoms with Crippen LogP contribution >= 0.6 is 0 Å². The van der Waals surface area contributed by atoms with Gasteiger partial charge in [-0.15, -0.1) is 0 Å². The van der Waals surface area contributed by atoms with Gasteiger partial charge in [0.05, 0.1) is 12.2 Å². The highest BCUT2D eigenvalue weighted by atomic mass is 16.4. The highest BCUT2D eigenvalue weighted by molar-refractivity contribution is 5.88. The number of unbranched alkanes of at least 4 members (excludes halogenated alkanes) is 41. The number of ketones is 1. The maximum Gasteiger partial charge on any atom is 0.174 e. The topological polar surface area (TPSA) is 77.8 Å². The molecule has 3 N–H and O–H groups in total. The van der Waals surface area contributed by atoms with E-state index < -0.39 is 17.8 Å². The maximum atomic E-state index is 13.6. The molecule has 0 aliphatic heterocycles. The Bertz CT molecular complexity index is 843. The van der Waals surface area contributed by atoms with E-state index in [1.165, 1.54) is 218 Å². The van der Waals surface area contributed by atoms with Gasteiger partial charge in [0.25, 0.3) is 0 Å². The lowest BCUT2D eigenvalue weighted by molar-refractivity contribution is -0.174. The summed E-state index contributed by atoms with van der Waals surface area (Å²) >= 11 is 0. The number of aliphatic hydroxyl groups is 3. The van der Waals surface area contributed by atoms with Crippen LogP contribution in [0.2, 0.25) is 0 Å². The SMILES string of the molecule is CCCCCCCCC=CCCCCCCCC(=O)C(O)(C(O)CCCCCCCCCCCCCCCCCC)C(O)CCCCCCCCCCCCCCCCCC. The Morgan fingerprint density at radius 2 is 0.557 bits per heavy atom. The van der Waals surface area contributed by atoms with Crippen molar-refractivity contribution in [2.75, 3.05) is 0 Å². The summed E-state index contributed by atoms with van der Waals surface area (Å²) in [7, 11) is 0. The van der Waals surface area contributed by atoms with Crippen LogP contribution in [0.4, 0.5) is 0 Å². The van der Waals surface area contributed by atoms with Crippen molar-refractivity contribution in [2.24, 2.45) is 0 Å². The average Bonchev–Trinajstić information content (AvgIpc) is 3.26. The second kappa shape index (κ2) is 48.7. The van der Waals surface area contributed by atoms with Crippen LogP contribution in [-0.2, 0) is 4.79 Å². The number of hydrogen-bond acceptors (Lipinski definition) is 4. The van der Waals surface area contributed by atoms with E-state index in [1.54, 1.807) is 0 Å². The van der Waals surface area contributed by atoms with E-state index >= 15 is 0 Å². The van der Waals surface area contributed by atoms with Crippen LogP contribution in [0, 0.1) is 0 Å². The lowest BCUT2D eigenvalue weighted by atomic mass is 9.79. The van der Waals surface area contributed by atoms with Crippen molar-refractivity contribution in [2.45, 2.75) is 347 Å². The second-order valence-corrected chi connectivity index (χ2v) is 19.8. The van der Waals surface area contributed by atoms with E-state index in [0.29, 0.717) is 19.3 Å². The Balaban J connectivity index is 4.50. The minimum absolute atomic E-state index is 0.237. The van der Waals surface area contributed by atoms with Crippen LogP contribution < -0.4 is 0 Å². The third kappa shape index (κ3) is 39.4. The molecule has 0 radical (unpaired) electrons. The molecule has 4 heteroatoms. The number of aliphatic hydroxyl groups excluding tert-OH is 2. The molecule has 0 saturated carbocycles. The summed E-state index contributed by atoms with van der Waals surface area (Å²) in [6.07, 6.45) is 60.0. The van der Waals surface area contributed by atoms with Crippen molar-refractivity contribution in [1.82, 2.24) is 0 Å². The Labute approximate surface area is 383 Å². The fourth-order valence-electron chi connectivity index (χ4n) is 9.36. The van der Waals surface area contributed by atoms with Crippen molar-refractivity contribution >= 4 is 5.78 Å². The zero-order valence-electron chi connectivity index (χ0n) is 42.0. The predicted octanol–water partition coefficient (Wildman–Crippen LogP) is 18.3. The minimum Gasteiger partial charge on any atom is -0.390 e. The monoisotopic (exact) mass is 861 g/mol. The number of allylic oxidation sites excluding steroid dienone is 2. The summed E-state index contributed by atoms with van der Waals surface area (Å²) in [5.74, 6) is -0.349. The van der Waals surface area contributed by atoms with Gasteiger partial charge in [-0.05, 0) is 44.9 Å². The van der Waals surface area contributed by atoms with E-state index in [2.05, 4.69) is 32.9 Å². The minimum atomic E-state index is -2.05. The van der Waals surface area contributed by atoms with Gasteiger partial charge in [0.2, 0.25) is 0 Å². The van der Waals surface area contributed by atoms with Gasteiger partial charge >= 0.3 is 0 Å². The first-order chi connectivity index (χ1) is 29.9. The molecule has 0 aromatic heterocycles. The molecule has 0 aromatic carbocycles. The smallest absolute Gasteiger partial charge is 0.174 e. The molecule has 0 spiro atoms. The van der Waals surface area contributed by atoms with Crippen molar-refractivity contribution in [3.63, 3.8) is 0 Å². The van der Waals surface area contributed by atoms with E-state index in [4.69, 9.17) is 0 Å². The molecule has 61 heavy (non-hydrogen) atoms. The molecule has 0 aromatic rings. The summed E-state index contributed by atoms with van der Waals surface area (Å²) in [4.78, 5) is 13.6. The van der Waals surface area contributed by atoms with Gasteiger partial charge in [-0.3, -0.25) is 4.79 Å². The molecular formula is C57H112O4. The van der Waals surface area contributed by atoms with Gasteiger partial charge in [0.15, 0.2) is 11.4 Å². The quantitative estimate of drug-likeness (QED) is 0.0421. The van der Waals surface area contributed by atoms with Crippen LogP contribution in [0.15, 0.2) is 12.2 Å². The third-order valence-electron chi connectivity index (χ3n) is 13.8. The van der Waals surface area contributed by atoms with Crippen molar-refractivity contribution in [3.8, 4) is 0 Å². The Morgan fingerprint density at radius 1 is 0.344 bits per heavy atom. The number of carbonyl (C=O) groups excluding carboxylic acids is 1. The lowest BCUT2D eigenvalue weighted by Gasteiger charge is -2.36. The molecule has 0 saturated heterocycles. The predicted molar refractivity (Wildman–Crippen MR) is 270 cm³/mol. The van der Waals surface area contributed by atoms with Crippen molar-refractivity contribution in [3.05, 3.63) is 12.2 Å². The maximum absolute atomic E-state index is 13.6. The molecule has 0 bridgehead atoms. The number of carbonyl (C=O) groups is 1. The Hall–Kier alpha value is -0.710. The zero-order chi connectivity index (χ0) is 44.6. The Morgan fingerprint density at radius 3 is 0.820 bits per heavy atom. The van der Waals surface area contributed by atoms with Gasteiger partial charge in [-0.1, -0.05) is 290 Å². The first kappa shape index (κ1) is 60.3. The van der Waals surface area contributed by atoms with Gasteiger partial charge in [0.1, 0.15) is 0 Å². The van der Waals surface area contributed by atoms with Crippen LogP contribution in [0.25, 0.3) is 0 Å². The van der Waals surface area contributed by atoms with Crippen molar-refractivity contribution < 1.29 is 20.1 Å². The van der Waals surface area contributed by atoms with Gasteiger partial charge in [0, 0.05) is 6.42 Å². The molecule has 4 nitrogen and oxygen atoms in total. The van der Waals surface area contributed by atoms with Crippen LogP contribution in [0.1, 0.15) is 329 Å². The molecule has 0 heterocycles. The molecule has 0 rings (SSSR count). The summed E-state index contributed by atoms with van der Waals surface area (Å²) in [5.41, 5.74) is -2.05. The summed E-state index contributed by atoms with van der Waals surface area (Å²) in [6, 6.07) is 0. The summed E-state index contributed by atoms with van der Waals surface area (Å²) < 4.78 is 0. The van der Waals surface area contributed by atoms with Crippen molar-refractivity contribution in [1.29, 1.82) is 0 Å². The summed E-state index contributed by atoms with van der Waals surface area (Å²) in [5, 5.41) is 34.5. The van der Waals surface area contributed by atoms with Gasteiger partial charge in [-0.25, -0.2) is 0 Å². The molecular weight excluding hydrogens is 749 g/mol. The lowest BCUT2D eigenvalue weighted by Crippen LogP contribution is -2.58. The van der Waals surface area contributed by atoms with Gasteiger partial charge in [-0.2, -0.15) is 0 Å². The second-order valence-electron chi connectivity index (χ2n) is 19.8. The Kier molecular flexibility index (Phi) is 48.2. The molecule has 364 valence electrons. The average molecular weight is 862 g/mol. The molecule has 0 fully saturated rings. The third-order valence-corrected chi connectivity index (χ3v) is 13.8. The molecule has 0 amide bonds. The van der Waals surface area contributed by atoms with E-state index in [9.17, 15) is 20.1 Å². The van der Waals surface area contributed by atoms with Crippen LogP contribution in [0.3, 0.4) is 0 Å². The van der Waals surface area contributed by atoms with Gasteiger partial charge < -0.3 is 15.3 Å². The molecule has 2 atom stereocenters. The number of hydrogen-bond donors (Lipinski definition) is 3. The number of rotatable bonds is 52. The fourth-order valence-corrected chi connectivity index (χ4v) is 9.36. The normalized spacial score (nSPS) is 13.9. The van der Waals surface area contributed by atoms with Crippen LogP contribution in [0.5, 0.6) is 0 Å². The standard InChI is InChI=1S/C57H112O4/c1-4-7-10-13-16-19-22-25-28-31-34-37-40-43-46-49-52-55(59)57(61,54(58)51-48-45-42-39-36-33-30-27-24-21-18-15-12-9-6-3)56(60)53-50-47-44-41-38-35-32-29-26-23-20-17-14-11-8-5-2/h27,30,55-56,59-61H,4-26,28-29,31-53H2,1-3H3. The largest absolute Gasteiger partial charge is 0.390 e. The summed E-state index contributed by atoms with van der Waals surface area (Å²) in [6.45, 7) is 6.83. The highest BCUT2D eigenvalue weighted by Gasteiger charge is 2.47.